The molecule has 0 aromatic rings. The van der Waals surface area contributed by atoms with E-state index in [1.165, 1.54) is 6.42 Å². The summed E-state index contributed by atoms with van der Waals surface area (Å²) in [6, 6.07) is 0. The molecular weight excluding hydrogens is 120 g/mol. The first-order chi connectivity index (χ1) is 4.79. The molecule has 0 spiro atoms. The Bertz CT molecular complexity index is 144. The van der Waals surface area contributed by atoms with Gasteiger partial charge in [-0.15, -0.1) is 0 Å². The van der Waals surface area contributed by atoms with Gasteiger partial charge >= 0.3 is 0 Å². The minimum Gasteiger partial charge on any atom is -0.0819 e. The summed E-state index contributed by atoms with van der Waals surface area (Å²) in [6.45, 7) is 8.61. The van der Waals surface area contributed by atoms with Crippen molar-refractivity contribution in [1.82, 2.24) is 0 Å². The molecule has 58 valence electrons. The van der Waals surface area contributed by atoms with Crippen LogP contribution in [0.3, 0.4) is 0 Å². The van der Waals surface area contributed by atoms with E-state index >= 15 is 0 Å². The summed E-state index contributed by atoms with van der Waals surface area (Å²) in [7, 11) is 0. The maximum Gasteiger partial charge on any atom is -0.0168 e. The summed E-state index contributed by atoms with van der Waals surface area (Å²) in [4.78, 5) is 0. The van der Waals surface area contributed by atoms with Crippen molar-refractivity contribution in [3.63, 3.8) is 0 Å². The lowest BCUT2D eigenvalue weighted by Gasteiger charge is -1.92. The molecule has 0 heteroatoms. The quantitative estimate of drug-likeness (QED) is 0.451. The highest BCUT2D eigenvalue weighted by molar-refractivity contribution is 5.22. The smallest absolute Gasteiger partial charge is 0.0168 e. The van der Waals surface area contributed by atoms with Crippen molar-refractivity contribution in [2.75, 3.05) is 0 Å². The third kappa shape index (κ3) is 1.12. The van der Waals surface area contributed by atoms with Gasteiger partial charge in [0, 0.05) is 0 Å². The normalized spacial score (nSPS) is 41.2. The monoisotopic (exact) mass is 138 g/mol. The lowest BCUT2D eigenvalue weighted by Crippen LogP contribution is -1.78. The number of hydrogen-bond acceptors (Lipinski definition) is 0. The summed E-state index contributed by atoms with van der Waals surface area (Å²) < 4.78 is 0. The van der Waals surface area contributed by atoms with Gasteiger partial charge in [-0.05, 0) is 31.1 Å². The van der Waals surface area contributed by atoms with E-state index in [-0.39, 0.29) is 0 Å². The zero-order valence-corrected chi connectivity index (χ0v) is 7.52. The molecule has 0 bridgehead atoms. The molecule has 0 amide bonds. The van der Waals surface area contributed by atoms with E-state index in [2.05, 4.69) is 19.9 Å². The fourth-order valence-electron chi connectivity index (χ4n) is 1.95. The molecule has 3 unspecified atom stereocenters. The third-order valence-corrected chi connectivity index (χ3v) is 2.67. The van der Waals surface area contributed by atoms with Crippen LogP contribution in [0.1, 0.15) is 34.1 Å². The van der Waals surface area contributed by atoms with Crippen LogP contribution < -0.4 is 0 Å². The molecular formula is C10H18. The molecule has 2 rings (SSSR count). The van der Waals surface area contributed by atoms with Gasteiger partial charge in [0.15, 0.2) is 0 Å². The number of fused-ring (bicyclic) bond motifs is 1. The van der Waals surface area contributed by atoms with Gasteiger partial charge in [-0.1, -0.05) is 32.4 Å². The fourth-order valence-corrected chi connectivity index (χ4v) is 1.95. The Hall–Kier alpha value is -0.260. The second kappa shape index (κ2) is 2.77. The van der Waals surface area contributed by atoms with Gasteiger partial charge in [0.05, 0.1) is 0 Å². The molecule has 0 saturated heterocycles. The van der Waals surface area contributed by atoms with E-state index in [0.717, 1.165) is 17.8 Å². The van der Waals surface area contributed by atoms with Gasteiger partial charge in [0.25, 0.3) is 0 Å². The Labute approximate surface area is 64.3 Å². The standard InChI is InChI=1S/C8H12.C2H6/c1-5-3-7-6(2)8(7)4-5;1-2/h3,6-8H,4H2,1-2H3;1-2H3. The molecule has 1 fully saturated rings. The predicted octanol–water partition coefficient (Wildman–Crippen LogP) is 3.24. The molecule has 3 atom stereocenters. The summed E-state index contributed by atoms with van der Waals surface area (Å²) in [5.74, 6) is 3.09. The van der Waals surface area contributed by atoms with Gasteiger partial charge in [0.1, 0.15) is 0 Å². The van der Waals surface area contributed by atoms with Gasteiger partial charge in [-0.3, -0.25) is 0 Å². The minimum absolute atomic E-state index is 0.995. The molecule has 2 aliphatic rings. The zero-order valence-electron chi connectivity index (χ0n) is 7.52. The van der Waals surface area contributed by atoms with E-state index in [1.54, 1.807) is 5.57 Å². The van der Waals surface area contributed by atoms with Gasteiger partial charge in [-0.25, -0.2) is 0 Å². The maximum atomic E-state index is 2.45. The Morgan fingerprint density at radius 1 is 1.40 bits per heavy atom. The average molecular weight is 138 g/mol. The molecule has 10 heavy (non-hydrogen) atoms. The van der Waals surface area contributed by atoms with Crippen LogP contribution >= 0.6 is 0 Å². The summed E-state index contributed by atoms with van der Waals surface area (Å²) in [6.07, 6.45) is 3.85. The van der Waals surface area contributed by atoms with E-state index in [4.69, 9.17) is 0 Å². The van der Waals surface area contributed by atoms with Crippen LogP contribution in [0.15, 0.2) is 11.6 Å². The van der Waals surface area contributed by atoms with E-state index in [9.17, 15) is 0 Å². The zero-order chi connectivity index (χ0) is 7.72. The van der Waals surface area contributed by atoms with Crippen LogP contribution in [0.5, 0.6) is 0 Å². The van der Waals surface area contributed by atoms with Crippen molar-refractivity contribution >= 4 is 0 Å². The molecule has 0 aromatic carbocycles. The number of hydrogen-bond donors (Lipinski definition) is 0. The molecule has 0 nitrogen and oxygen atoms in total. The van der Waals surface area contributed by atoms with Crippen LogP contribution in [-0.2, 0) is 0 Å². The highest BCUT2D eigenvalue weighted by Gasteiger charge is 2.47. The van der Waals surface area contributed by atoms with Crippen molar-refractivity contribution < 1.29 is 0 Å². The first-order valence-corrected chi connectivity index (χ1v) is 4.46. The summed E-state index contributed by atoms with van der Waals surface area (Å²) in [5, 5.41) is 0. The fraction of sp³-hybridized carbons (Fsp3) is 0.800. The van der Waals surface area contributed by atoms with E-state index in [1.807, 2.05) is 13.8 Å². The maximum absolute atomic E-state index is 2.45. The molecule has 0 heterocycles. The van der Waals surface area contributed by atoms with Crippen LogP contribution in [0.2, 0.25) is 0 Å². The average Bonchev–Trinajstić information content (AvgIpc) is 2.45. The van der Waals surface area contributed by atoms with Gasteiger partial charge in [0.2, 0.25) is 0 Å². The molecule has 2 aliphatic carbocycles. The largest absolute Gasteiger partial charge is 0.0819 e. The Morgan fingerprint density at radius 3 is 2.30 bits per heavy atom. The van der Waals surface area contributed by atoms with Crippen LogP contribution in [0.4, 0.5) is 0 Å². The Balaban J connectivity index is 0.000000231. The first kappa shape index (κ1) is 7.84. The van der Waals surface area contributed by atoms with Crippen molar-refractivity contribution in [3.05, 3.63) is 11.6 Å². The van der Waals surface area contributed by atoms with Crippen molar-refractivity contribution in [1.29, 1.82) is 0 Å². The SMILES string of the molecule is CC.CC1=CC2C(C)C2C1. The molecule has 0 aromatic heterocycles. The summed E-state index contributed by atoms with van der Waals surface area (Å²) >= 11 is 0. The Morgan fingerprint density at radius 2 is 2.00 bits per heavy atom. The predicted molar refractivity (Wildman–Crippen MR) is 45.9 cm³/mol. The van der Waals surface area contributed by atoms with Gasteiger partial charge in [-0.2, -0.15) is 0 Å². The third-order valence-electron chi connectivity index (χ3n) is 2.67. The van der Waals surface area contributed by atoms with E-state index in [0.29, 0.717) is 0 Å². The first-order valence-electron chi connectivity index (χ1n) is 4.46. The second-order valence-electron chi connectivity index (χ2n) is 3.32. The topological polar surface area (TPSA) is 0 Å². The van der Waals surface area contributed by atoms with Crippen molar-refractivity contribution in [2.24, 2.45) is 17.8 Å². The molecule has 1 saturated carbocycles. The van der Waals surface area contributed by atoms with Crippen LogP contribution in [0.25, 0.3) is 0 Å². The molecule has 0 aliphatic heterocycles. The highest BCUT2D eigenvalue weighted by atomic mass is 14.5. The highest BCUT2D eigenvalue weighted by Crippen LogP contribution is 2.55. The molecule has 0 N–H and O–H groups in total. The number of rotatable bonds is 0. The van der Waals surface area contributed by atoms with Gasteiger partial charge < -0.3 is 0 Å². The van der Waals surface area contributed by atoms with Crippen molar-refractivity contribution in [2.45, 2.75) is 34.1 Å². The Kier molecular flexibility index (Phi) is 2.18. The van der Waals surface area contributed by atoms with Crippen molar-refractivity contribution in [3.8, 4) is 0 Å². The second-order valence-corrected chi connectivity index (χ2v) is 3.32. The summed E-state index contributed by atoms with van der Waals surface area (Å²) in [5.41, 5.74) is 1.62. The minimum atomic E-state index is 0.995. The molecule has 0 radical (unpaired) electrons. The van der Waals surface area contributed by atoms with Crippen LogP contribution in [0, 0.1) is 17.8 Å². The lowest BCUT2D eigenvalue weighted by atomic mass is 10.1. The number of allylic oxidation sites excluding steroid dienone is 2. The van der Waals surface area contributed by atoms with Crippen LogP contribution in [-0.4, -0.2) is 0 Å². The lowest BCUT2D eigenvalue weighted by molar-refractivity contribution is 0.747. The van der Waals surface area contributed by atoms with E-state index < -0.39 is 0 Å².